The zero-order valence-corrected chi connectivity index (χ0v) is 14.4. The van der Waals surface area contributed by atoms with E-state index >= 15 is 0 Å². The van der Waals surface area contributed by atoms with Gasteiger partial charge in [0, 0.05) is 6.16 Å². The molecule has 0 aliphatic heterocycles. The predicted molar refractivity (Wildman–Crippen MR) is 61.3 cm³/mol. The first-order chi connectivity index (χ1) is 6.56. The topological polar surface area (TPSA) is 57.5 Å². The molecule has 0 amide bonds. The summed E-state index contributed by atoms with van der Waals surface area (Å²) in [5.41, 5.74) is 0. The number of hydrogen-bond donors (Lipinski definition) is 2. The average molecular weight is 262 g/mol. The molecule has 5 heteroatoms. The molecule has 15 heavy (non-hydrogen) atoms. The molecule has 0 saturated heterocycles. The van der Waals surface area contributed by atoms with Crippen molar-refractivity contribution in [2.45, 2.75) is 52.4 Å². The summed E-state index contributed by atoms with van der Waals surface area (Å²) in [4.78, 5) is 17.1. The summed E-state index contributed by atoms with van der Waals surface area (Å²) in [5.74, 6) is 0. The third-order valence-electron chi connectivity index (χ3n) is 1.80. The summed E-state index contributed by atoms with van der Waals surface area (Å²) in [6, 6.07) is 0. The van der Waals surface area contributed by atoms with Gasteiger partial charge in [-0.05, 0) is 6.42 Å². The zero-order chi connectivity index (χ0) is 11.4. The maximum atomic E-state index is 10.4. The minimum Gasteiger partial charge on any atom is -0.346 e. The summed E-state index contributed by atoms with van der Waals surface area (Å²) < 4.78 is 10.4. The van der Waals surface area contributed by atoms with Gasteiger partial charge in [0.25, 0.3) is 0 Å². The van der Waals surface area contributed by atoms with Crippen molar-refractivity contribution in [3.63, 3.8) is 0 Å². The van der Waals surface area contributed by atoms with E-state index in [2.05, 4.69) is 13.8 Å². The standard InChI is InChI=1S/C8H19O3P.C2H5.K/c1-2-3-4-5-6-7-8-12(9,10)11;1-2;/h2-8H2,1H3,(H2,9,10,11);1H2,2H3;/q;-1;+1. The average Bonchev–Trinajstić information content (AvgIpc) is 2.13. The van der Waals surface area contributed by atoms with Crippen molar-refractivity contribution in [2.75, 3.05) is 6.16 Å². The van der Waals surface area contributed by atoms with E-state index in [1.165, 1.54) is 19.3 Å². The molecule has 0 fully saturated rings. The Balaban J connectivity index is -0.000000449. The Morgan fingerprint density at radius 3 is 1.80 bits per heavy atom. The smallest absolute Gasteiger partial charge is 0.346 e. The van der Waals surface area contributed by atoms with Crippen LogP contribution in [0.15, 0.2) is 0 Å². The number of rotatable bonds is 7. The van der Waals surface area contributed by atoms with Crippen LogP contribution in [-0.4, -0.2) is 15.9 Å². The van der Waals surface area contributed by atoms with Crippen molar-refractivity contribution >= 4 is 7.60 Å². The van der Waals surface area contributed by atoms with Crippen molar-refractivity contribution < 1.29 is 65.7 Å². The van der Waals surface area contributed by atoms with Crippen LogP contribution >= 0.6 is 7.60 Å². The molecule has 0 spiro atoms. The van der Waals surface area contributed by atoms with Crippen LogP contribution in [0.25, 0.3) is 0 Å². The van der Waals surface area contributed by atoms with Crippen LogP contribution in [0.2, 0.25) is 0 Å². The molecule has 88 valence electrons. The van der Waals surface area contributed by atoms with Gasteiger partial charge in [0.1, 0.15) is 0 Å². The zero-order valence-electron chi connectivity index (χ0n) is 10.4. The molecular weight excluding hydrogens is 238 g/mol. The van der Waals surface area contributed by atoms with Crippen molar-refractivity contribution in [1.29, 1.82) is 0 Å². The van der Waals surface area contributed by atoms with Gasteiger partial charge in [-0.3, -0.25) is 4.57 Å². The third kappa shape index (κ3) is 25.8. The maximum absolute atomic E-state index is 10.4. The van der Waals surface area contributed by atoms with Gasteiger partial charge in [-0.25, -0.2) is 0 Å². The van der Waals surface area contributed by atoms with E-state index in [0.717, 1.165) is 12.8 Å². The third-order valence-corrected chi connectivity index (χ3v) is 2.70. The monoisotopic (exact) mass is 262 g/mol. The molecule has 0 unspecified atom stereocenters. The number of hydrogen-bond acceptors (Lipinski definition) is 1. The minimum absolute atomic E-state index is 0. The van der Waals surface area contributed by atoms with Gasteiger partial charge in [-0.1, -0.05) is 39.0 Å². The van der Waals surface area contributed by atoms with Crippen LogP contribution in [0, 0.1) is 6.92 Å². The molecule has 0 radical (unpaired) electrons. The summed E-state index contributed by atoms with van der Waals surface area (Å²) in [5, 5.41) is 0. The van der Waals surface area contributed by atoms with Crippen molar-refractivity contribution in [1.82, 2.24) is 0 Å². The van der Waals surface area contributed by atoms with Crippen LogP contribution in [0.4, 0.5) is 0 Å². The summed E-state index contributed by atoms with van der Waals surface area (Å²) in [7, 11) is -3.72. The van der Waals surface area contributed by atoms with Gasteiger partial charge in [-0.15, -0.1) is 0 Å². The summed E-state index contributed by atoms with van der Waals surface area (Å²) in [6.45, 7) is 7.15. The van der Waals surface area contributed by atoms with E-state index in [-0.39, 0.29) is 57.5 Å². The molecule has 0 saturated carbocycles. The van der Waals surface area contributed by atoms with Crippen LogP contribution in [0.5, 0.6) is 0 Å². The fourth-order valence-corrected chi connectivity index (χ4v) is 1.73. The van der Waals surface area contributed by atoms with E-state index < -0.39 is 7.60 Å². The molecule has 0 bridgehead atoms. The SMILES string of the molecule is CCCCCCCCP(=O)(O)O.[CH2-]C.[K+]. The molecule has 0 heterocycles. The second-order valence-electron chi connectivity index (χ2n) is 3.16. The van der Waals surface area contributed by atoms with Crippen molar-refractivity contribution in [2.24, 2.45) is 0 Å². The second-order valence-corrected chi connectivity index (χ2v) is 4.93. The Kier molecular flexibility index (Phi) is 23.2. The van der Waals surface area contributed by atoms with E-state index in [1.807, 2.05) is 0 Å². The molecule has 2 N–H and O–H groups in total. The molecule has 0 aliphatic rings. The molecule has 0 atom stereocenters. The maximum Gasteiger partial charge on any atom is 1.00 e. The van der Waals surface area contributed by atoms with E-state index in [0.29, 0.717) is 6.42 Å². The van der Waals surface area contributed by atoms with E-state index in [1.54, 1.807) is 6.92 Å². The van der Waals surface area contributed by atoms with Crippen LogP contribution in [0.1, 0.15) is 52.4 Å². The molecule has 0 aromatic carbocycles. The van der Waals surface area contributed by atoms with Gasteiger partial charge < -0.3 is 16.7 Å². The Hall–Kier alpha value is 1.79. The first kappa shape index (κ1) is 22.0. The molecule has 3 nitrogen and oxygen atoms in total. The minimum atomic E-state index is -3.72. The van der Waals surface area contributed by atoms with Crippen LogP contribution in [0.3, 0.4) is 0 Å². The second kappa shape index (κ2) is 15.8. The first-order valence-electron chi connectivity index (χ1n) is 5.31. The van der Waals surface area contributed by atoms with Gasteiger partial charge >= 0.3 is 59.0 Å². The Labute approximate surface area is 137 Å². The summed E-state index contributed by atoms with van der Waals surface area (Å²) in [6.07, 6.45) is 6.40. The molecule has 0 aromatic heterocycles. The van der Waals surface area contributed by atoms with Gasteiger partial charge in [0.15, 0.2) is 0 Å². The first-order valence-corrected chi connectivity index (χ1v) is 7.11. The molecule has 0 aromatic rings. The normalized spacial score (nSPS) is 9.93. The van der Waals surface area contributed by atoms with Crippen LogP contribution < -0.4 is 51.4 Å². The van der Waals surface area contributed by atoms with Gasteiger partial charge in [0.05, 0.1) is 0 Å². The van der Waals surface area contributed by atoms with Gasteiger partial charge in [0.2, 0.25) is 0 Å². The van der Waals surface area contributed by atoms with Crippen LogP contribution in [-0.2, 0) is 4.57 Å². The molecule has 0 aliphatic carbocycles. The molecular formula is C10H24KO3P. The Morgan fingerprint density at radius 1 is 1.00 bits per heavy atom. The quantitative estimate of drug-likeness (QED) is 0.302. The molecule has 0 rings (SSSR count). The Bertz CT molecular complexity index is 148. The van der Waals surface area contributed by atoms with Crippen molar-refractivity contribution in [3.8, 4) is 0 Å². The number of unbranched alkanes of at least 4 members (excludes halogenated alkanes) is 5. The fourth-order valence-electron chi connectivity index (χ4n) is 1.10. The largest absolute Gasteiger partial charge is 1.00 e. The van der Waals surface area contributed by atoms with Crippen molar-refractivity contribution in [3.05, 3.63) is 6.92 Å². The van der Waals surface area contributed by atoms with E-state index in [4.69, 9.17) is 9.79 Å². The van der Waals surface area contributed by atoms with E-state index in [9.17, 15) is 4.57 Å². The Morgan fingerprint density at radius 2 is 1.40 bits per heavy atom. The predicted octanol–water partition coefficient (Wildman–Crippen LogP) is 0.369. The summed E-state index contributed by atoms with van der Waals surface area (Å²) >= 11 is 0. The van der Waals surface area contributed by atoms with Gasteiger partial charge in [-0.2, -0.15) is 6.92 Å². The fraction of sp³-hybridized carbons (Fsp3) is 0.900.